The number of halogens is 1. The van der Waals surface area contributed by atoms with E-state index < -0.39 is 6.04 Å². The van der Waals surface area contributed by atoms with Gasteiger partial charge in [0, 0.05) is 22.8 Å². The number of amides is 2. The minimum atomic E-state index is -0.439. The zero-order valence-corrected chi connectivity index (χ0v) is 18.6. The van der Waals surface area contributed by atoms with Crippen molar-refractivity contribution in [2.75, 3.05) is 6.54 Å². The average Bonchev–Trinajstić information content (AvgIpc) is 3.23. The van der Waals surface area contributed by atoms with Crippen LogP contribution in [0.15, 0.2) is 64.8 Å². The van der Waals surface area contributed by atoms with Gasteiger partial charge in [-0.15, -0.1) is 0 Å². The molecule has 2 heterocycles. The molecule has 2 amide bonds. The predicted molar refractivity (Wildman–Crippen MR) is 121 cm³/mol. The number of carbonyl (C=O) groups excluding carboxylic acids is 1. The van der Waals surface area contributed by atoms with E-state index in [2.05, 4.69) is 29.3 Å². The van der Waals surface area contributed by atoms with Crippen LogP contribution in [0.1, 0.15) is 44.7 Å². The lowest BCUT2D eigenvalue weighted by atomic mass is 9.94. The van der Waals surface area contributed by atoms with Gasteiger partial charge < -0.3 is 9.84 Å². The van der Waals surface area contributed by atoms with Crippen LogP contribution >= 0.6 is 11.6 Å². The molecule has 0 radical (unpaired) electrons. The second-order valence-electron chi connectivity index (χ2n) is 8.06. The monoisotopic (exact) mass is 436 g/mol. The van der Waals surface area contributed by atoms with Gasteiger partial charge in [-0.3, -0.25) is 4.90 Å². The van der Waals surface area contributed by atoms with E-state index in [-0.39, 0.29) is 6.03 Å². The molecule has 4 rings (SSSR count). The van der Waals surface area contributed by atoms with Crippen molar-refractivity contribution in [3.63, 3.8) is 0 Å². The van der Waals surface area contributed by atoms with Gasteiger partial charge in [0.25, 0.3) is 5.89 Å². The highest BCUT2D eigenvalue weighted by Gasteiger charge is 2.35. The van der Waals surface area contributed by atoms with Crippen molar-refractivity contribution in [1.29, 1.82) is 0 Å². The average molecular weight is 437 g/mol. The number of nitrogens with one attached hydrogen (secondary N) is 1. The maximum atomic E-state index is 13.0. The molecule has 2 aromatic carbocycles. The molecular weight excluding hydrogens is 412 g/mol. The van der Waals surface area contributed by atoms with Gasteiger partial charge in [-0.1, -0.05) is 73.1 Å². The van der Waals surface area contributed by atoms with Crippen LogP contribution in [-0.4, -0.2) is 27.6 Å². The summed E-state index contributed by atoms with van der Waals surface area (Å²) >= 11 is 6.24. The minimum Gasteiger partial charge on any atom is -0.334 e. The van der Waals surface area contributed by atoms with Crippen LogP contribution in [0.4, 0.5) is 4.79 Å². The third-order valence-corrected chi connectivity index (χ3v) is 5.63. The summed E-state index contributed by atoms with van der Waals surface area (Å²) in [5, 5.41) is 7.89. The number of urea groups is 1. The van der Waals surface area contributed by atoms with Crippen molar-refractivity contribution < 1.29 is 9.32 Å². The summed E-state index contributed by atoms with van der Waals surface area (Å²) in [6.45, 7) is 6.82. The summed E-state index contributed by atoms with van der Waals surface area (Å²) in [4.78, 5) is 19.4. The molecule has 0 fully saturated rings. The Morgan fingerprint density at radius 2 is 1.94 bits per heavy atom. The van der Waals surface area contributed by atoms with Gasteiger partial charge >= 0.3 is 6.03 Å². The molecule has 160 valence electrons. The standard InChI is InChI=1S/C24H25ClN4O2/c1-15(2)12-13-29-16(3)20(21(26-24(29)30)18-10-7-11-19(25)14-18)23-27-22(28-31-23)17-8-5-4-6-9-17/h4-11,14-15,21H,12-13H2,1-3H3,(H,26,30). The molecule has 1 aliphatic rings. The van der Waals surface area contributed by atoms with Crippen LogP contribution in [0.5, 0.6) is 0 Å². The predicted octanol–water partition coefficient (Wildman–Crippen LogP) is 5.93. The van der Waals surface area contributed by atoms with E-state index in [4.69, 9.17) is 16.1 Å². The first kappa shape index (κ1) is 21.1. The van der Waals surface area contributed by atoms with Gasteiger partial charge in [-0.25, -0.2) is 4.79 Å². The first-order chi connectivity index (χ1) is 14.9. The number of benzene rings is 2. The van der Waals surface area contributed by atoms with Crippen molar-refractivity contribution in [2.45, 2.75) is 33.2 Å². The molecule has 0 saturated carbocycles. The Bertz CT molecular complexity index is 1110. The Morgan fingerprint density at radius 1 is 1.16 bits per heavy atom. The summed E-state index contributed by atoms with van der Waals surface area (Å²) in [5.41, 5.74) is 3.31. The van der Waals surface area contributed by atoms with E-state index in [0.29, 0.717) is 29.2 Å². The molecular formula is C24H25ClN4O2. The molecule has 7 heteroatoms. The first-order valence-corrected chi connectivity index (χ1v) is 10.8. The molecule has 1 atom stereocenters. The zero-order chi connectivity index (χ0) is 22.0. The summed E-state index contributed by atoms with van der Waals surface area (Å²) in [6.07, 6.45) is 0.888. The quantitative estimate of drug-likeness (QED) is 0.519. The highest BCUT2D eigenvalue weighted by molar-refractivity contribution is 6.30. The van der Waals surface area contributed by atoms with Gasteiger partial charge in [0.05, 0.1) is 11.6 Å². The van der Waals surface area contributed by atoms with E-state index in [9.17, 15) is 4.79 Å². The molecule has 1 unspecified atom stereocenters. The number of rotatable bonds is 6. The molecule has 0 saturated heterocycles. The summed E-state index contributed by atoms with van der Waals surface area (Å²) in [6, 6.07) is 16.5. The highest BCUT2D eigenvalue weighted by Crippen LogP contribution is 2.38. The molecule has 0 aliphatic carbocycles. The van der Waals surface area contributed by atoms with Crippen LogP contribution < -0.4 is 5.32 Å². The lowest BCUT2D eigenvalue weighted by Crippen LogP contribution is -2.46. The second kappa shape index (κ2) is 8.94. The SMILES string of the molecule is CC1=C(c2nc(-c3ccccc3)no2)C(c2cccc(Cl)c2)NC(=O)N1CCC(C)C. The van der Waals surface area contributed by atoms with Crippen LogP contribution in [0.3, 0.4) is 0 Å². The maximum absolute atomic E-state index is 13.0. The van der Waals surface area contributed by atoms with E-state index in [0.717, 1.165) is 28.8 Å². The van der Waals surface area contributed by atoms with E-state index in [1.54, 1.807) is 11.0 Å². The van der Waals surface area contributed by atoms with Crippen molar-refractivity contribution in [3.8, 4) is 11.4 Å². The van der Waals surface area contributed by atoms with E-state index in [1.165, 1.54) is 0 Å². The Balaban J connectivity index is 1.79. The third-order valence-electron chi connectivity index (χ3n) is 5.40. The van der Waals surface area contributed by atoms with E-state index in [1.807, 2.05) is 55.5 Å². The van der Waals surface area contributed by atoms with Crippen LogP contribution in [0.2, 0.25) is 5.02 Å². The fourth-order valence-electron chi connectivity index (χ4n) is 3.69. The number of hydrogen-bond donors (Lipinski definition) is 1. The number of hydrogen-bond acceptors (Lipinski definition) is 4. The van der Waals surface area contributed by atoms with Gasteiger partial charge in [0.15, 0.2) is 0 Å². The Labute approximate surface area is 186 Å². The van der Waals surface area contributed by atoms with Gasteiger partial charge in [0.2, 0.25) is 5.82 Å². The van der Waals surface area contributed by atoms with Crippen molar-refractivity contribution in [2.24, 2.45) is 5.92 Å². The Morgan fingerprint density at radius 3 is 2.65 bits per heavy atom. The lowest BCUT2D eigenvalue weighted by Gasteiger charge is -2.35. The minimum absolute atomic E-state index is 0.144. The number of carbonyl (C=O) groups is 1. The fraction of sp³-hybridized carbons (Fsp3) is 0.292. The summed E-state index contributed by atoms with van der Waals surface area (Å²) < 4.78 is 5.69. The van der Waals surface area contributed by atoms with Gasteiger partial charge in [-0.2, -0.15) is 4.98 Å². The molecule has 0 bridgehead atoms. The summed E-state index contributed by atoms with van der Waals surface area (Å²) in [7, 11) is 0. The Hall–Kier alpha value is -3.12. The molecule has 31 heavy (non-hydrogen) atoms. The lowest BCUT2D eigenvalue weighted by molar-refractivity contribution is 0.202. The molecule has 0 spiro atoms. The van der Waals surface area contributed by atoms with Crippen LogP contribution in [0.25, 0.3) is 17.0 Å². The summed E-state index contributed by atoms with van der Waals surface area (Å²) in [5.74, 6) is 1.37. The van der Waals surface area contributed by atoms with Gasteiger partial charge in [-0.05, 0) is 37.0 Å². The highest BCUT2D eigenvalue weighted by atomic mass is 35.5. The van der Waals surface area contributed by atoms with Crippen LogP contribution in [0, 0.1) is 5.92 Å². The zero-order valence-electron chi connectivity index (χ0n) is 17.8. The molecule has 1 aromatic heterocycles. The third kappa shape index (κ3) is 4.49. The first-order valence-electron chi connectivity index (χ1n) is 10.4. The molecule has 1 N–H and O–H groups in total. The molecule has 3 aromatic rings. The maximum Gasteiger partial charge on any atom is 0.322 e. The normalized spacial score (nSPS) is 16.7. The number of nitrogens with zero attached hydrogens (tertiary/aromatic N) is 3. The van der Waals surface area contributed by atoms with Gasteiger partial charge in [0.1, 0.15) is 0 Å². The van der Waals surface area contributed by atoms with E-state index >= 15 is 0 Å². The van der Waals surface area contributed by atoms with Crippen LogP contribution in [-0.2, 0) is 0 Å². The molecule has 1 aliphatic heterocycles. The smallest absolute Gasteiger partial charge is 0.322 e. The van der Waals surface area contributed by atoms with Crippen molar-refractivity contribution in [3.05, 3.63) is 76.8 Å². The molecule has 6 nitrogen and oxygen atoms in total. The fourth-order valence-corrected chi connectivity index (χ4v) is 3.89. The topological polar surface area (TPSA) is 71.3 Å². The second-order valence-corrected chi connectivity index (χ2v) is 8.50. The number of aromatic nitrogens is 2. The number of allylic oxidation sites excluding steroid dienone is 1. The van der Waals surface area contributed by atoms with Crippen molar-refractivity contribution >= 4 is 23.2 Å². The van der Waals surface area contributed by atoms with Crippen molar-refractivity contribution in [1.82, 2.24) is 20.4 Å². The Kier molecular flexibility index (Phi) is 6.09. The largest absolute Gasteiger partial charge is 0.334 e.